The van der Waals surface area contributed by atoms with Crippen molar-refractivity contribution in [1.29, 1.82) is 0 Å². The molecule has 0 heterocycles. The molecule has 0 aromatic heterocycles. The second-order valence-corrected chi connectivity index (χ2v) is 6.08. The van der Waals surface area contributed by atoms with Crippen molar-refractivity contribution in [2.45, 2.75) is 31.7 Å². The van der Waals surface area contributed by atoms with Crippen LogP contribution in [0.15, 0.2) is 18.2 Å². The van der Waals surface area contributed by atoms with Crippen molar-refractivity contribution in [3.8, 4) is 0 Å². The summed E-state index contributed by atoms with van der Waals surface area (Å²) >= 11 is 5.80. The molecule has 0 spiro atoms. The van der Waals surface area contributed by atoms with Crippen LogP contribution in [0.2, 0.25) is 5.02 Å². The number of fused-ring (bicyclic) bond motifs is 1. The summed E-state index contributed by atoms with van der Waals surface area (Å²) in [7, 11) is 0. The molecule has 2 nitrogen and oxygen atoms in total. The van der Waals surface area contributed by atoms with Crippen LogP contribution in [0.25, 0.3) is 0 Å². The largest absolute Gasteiger partial charge is 0.271 e. The van der Waals surface area contributed by atoms with E-state index in [0.29, 0.717) is 17.9 Å². The zero-order valence-corrected chi connectivity index (χ0v) is 11.0. The molecule has 0 aliphatic heterocycles. The van der Waals surface area contributed by atoms with Crippen LogP contribution in [0.1, 0.15) is 24.8 Å². The van der Waals surface area contributed by atoms with Crippen molar-refractivity contribution in [1.82, 2.24) is 5.43 Å². The lowest BCUT2D eigenvalue weighted by Crippen LogP contribution is -2.42. The topological polar surface area (TPSA) is 38.0 Å². The van der Waals surface area contributed by atoms with E-state index < -0.39 is 0 Å². The highest BCUT2D eigenvalue weighted by molar-refractivity contribution is 6.30. The van der Waals surface area contributed by atoms with Gasteiger partial charge < -0.3 is 0 Å². The van der Waals surface area contributed by atoms with Crippen molar-refractivity contribution in [2.24, 2.45) is 23.6 Å². The Morgan fingerprint density at radius 3 is 2.72 bits per heavy atom. The molecule has 3 unspecified atom stereocenters. The minimum atomic E-state index is -0.303. The fourth-order valence-electron chi connectivity index (χ4n) is 3.39. The number of benzene rings is 1. The average molecular weight is 269 g/mol. The van der Waals surface area contributed by atoms with Crippen LogP contribution < -0.4 is 11.3 Å². The highest BCUT2D eigenvalue weighted by Crippen LogP contribution is 2.55. The molecular formula is C14H18ClFN2. The van der Waals surface area contributed by atoms with Gasteiger partial charge >= 0.3 is 0 Å². The monoisotopic (exact) mass is 268 g/mol. The molecule has 0 radical (unpaired) electrons. The summed E-state index contributed by atoms with van der Waals surface area (Å²) < 4.78 is 13.9. The molecule has 0 amide bonds. The van der Waals surface area contributed by atoms with E-state index in [2.05, 4.69) is 5.43 Å². The van der Waals surface area contributed by atoms with Crippen molar-refractivity contribution < 1.29 is 4.39 Å². The Labute approximate surface area is 112 Å². The molecule has 1 aromatic rings. The first-order chi connectivity index (χ1) is 8.69. The van der Waals surface area contributed by atoms with Gasteiger partial charge in [-0.15, -0.1) is 0 Å². The molecule has 3 atom stereocenters. The highest BCUT2D eigenvalue weighted by Gasteiger charge is 2.47. The Hall–Kier alpha value is -0.640. The van der Waals surface area contributed by atoms with Gasteiger partial charge in [0.2, 0.25) is 0 Å². The number of hydrogen-bond acceptors (Lipinski definition) is 2. The van der Waals surface area contributed by atoms with E-state index in [4.69, 9.17) is 17.4 Å². The van der Waals surface area contributed by atoms with Gasteiger partial charge in [0.25, 0.3) is 0 Å². The second kappa shape index (κ2) is 4.80. The lowest BCUT2D eigenvalue weighted by atomic mass is 9.90. The Morgan fingerprint density at radius 2 is 2.06 bits per heavy atom. The fourth-order valence-corrected chi connectivity index (χ4v) is 3.59. The summed E-state index contributed by atoms with van der Waals surface area (Å²) in [5.74, 6) is 7.75. The van der Waals surface area contributed by atoms with Gasteiger partial charge in [-0.3, -0.25) is 11.3 Å². The van der Waals surface area contributed by atoms with Gasteiger partial charge in [0.1, 0.15) is 5.82 Å². The molecule has 98 valence electrons. The predicted molar refractivity (Wildman–Crippen MR) is 70.5 cm³/mol. The van der Waals surface area contributed by atoms with E-state index in [9.17, 15) is 4.39 Å². The zero-order valence-electron chi connectivity index (χ0n) is 10.2. The Bertz CT molecular complexity index is 441. The summed E-state index contributed by atoms with van der Waals surface area (Å²) in [6.07, 6.45) is 4.48. The third-order valence-corrected chi connectivity index (χ3v) is 4.83. The maximum absolute atomic E-state index is 13.9. The van der Waals surface area contributed by atoms with Crippen LogP contribution in [0.3, 0.4) is 0 Å². The molecule has 18 heavy (non-hydrogen) atoms. The molecule has 3 rings (SSSR count). The standard InChI is InChI=1S/C14H18ClFN2/c15-12-3-1-2-8(14(12)16)7-13(18-17)11-5-9-4-10(9)6-11/h1-3,9-11,13,18H,4-7,17H2. The van der Waals surface area contributed by atoms with Gasteiger partial charge in [0, 0.05) is 6.04 Å². The lowest BCUT2D eigenvalue weighted by Gasteiger charge is -2.24. The summed E-state index contributed by atoms with van der Waals surface area (Å²) in [6.45, 7) is 0. The van der Waals surface area contributed by atoms with Crippen molar-refractivity contribution in [2.75, 3.05) is 0 Å². The molecular weight excluding hydrogens is 251 g/mol. The van der Waals surface area contributed by atoms with Gasteiger partial charge in [-0.1, -0.05) is 23.7 Å². The molecule has 2 saturated carbocycles. The third-order valence-electron chi connectivity index (χ3n) is 4.53. The fraction of sp³-hybridized carbons (Fsp3) is 0.571. The molecule has 4 heteroatoms. The second-order valence-electron chi connectivity index (χ2n) is 5.68. The first-order valence-corrected chi connectivity index (χ1v) is 6.96. The van der Waals surface area contributed by atoms with Crippen molar-refractivity contribution in [3.05, 3.63) is 34.6 Å². The number of hydrogen-bond donors (Lipinski definition) is 2. The smallest absolute Gasteiger partial charge is 0.145 e. The van der Waals surface area contributed by atoms with Crippen molar-refractivity contribution >= 4 is 11.6 Å². The molecule has 0 bridgehead atoms. The number of halogens is 2. The van der Waals surface area contributed by atoms with E-state index in [0.717, 1.165) is 11.8 Å². The normalized spacial score (nSPS) is 31.2. The number of nitrogens with two attached hydrogens (primary N) is 1. The number of hydrazine groups is 1. The molecule has 0 saturated heterocycles. The van der Waals surface area contributed by atoms with E-state index in [-0.39, 0.29) is 16.9 Å². The first kappa shape index (κ1) is 12.4. The average Bonchev–Trinajstić information content (AvgIpc) is 2.98. The maximum atomic E-state index is 13.9. The Morgan fingerprint density at radius 1 is 1.33 bits per heavy atom. The van der Waals surface area contributed by atoms with Crippen LogP contribution in [0, 0.1) is 23.6 Å². The van der Waals surface area contributed by atoms with Crippen LogP contribution >= 0.6 is 11.6 Å². The maximum Gasteiger partial charge on any atom is 0.145 e. The third kappa shape index (κ3) is 2.27. The highest BCUT2D eigenvalue weighted by atomic mass is 35.5. The number of nitrogens with one attached hydrogen (secondary N) is 1. The minimum Gasteiger partial charge on any atom is -0.271 e. The zero-order chi connectivity index (χ0) is 12.7. The molecule has 2 aliphatic carbocycles. The quantitative estimate of drug-likeness (QED) is 0.651. The summed E-state index contributed by atoms with van der Waals surface area (Å²) in [5.41, 5.74) is 3.53. The molecule has 3 N–H and O–H groups in total. The van der Waals surface area contributed by atoms with Gasteiger partial charge in [0.05, 0.1) is 5.02 Å². The SMILES string of the molecule is NNC(Cc1cccc(Cl)c1F)C1CC2CC2C1. The van der Waals surface area contributed by atoms with Gasteiger partial charge in [0.15, 0.2) is 0 Å². The van der Waals surface area contributed by atoms with E-state index >= 15 is 0 Å². The first-order valence-electron chi connectivity index (χ1n) is 6.58. The predicted octanol–water partition coefficient (Wildman–Crippen LogP) is 2.90. The van der Waals surface area contributed by atoms with E-state index in [1.165, 1.54) is 19.3 Å². The van der Waals surface area contributed by atoms with E-state index in [1.807, 2.05) is 0 Å². The van der Waals surface area contributed by atoms with Gasteiger partial charge in [-0.25, -0.2) is 4.39 Å². The molecule has 1 aromatic carbocycles. The van der Waals surface area contributed by atoms with Gasteiger partial charge in [-0.05, 0) is 55.1 Å². The van der Waals surface area contributed by atoms with Crippen molar-refractivity contribution in [3.63, 3.8) is 0 Å². The lowest BCUT2D eigenvalue weighted by molar-refractivity contribution is 0.333. The summed E-state index contributed by atoms with van der Waals surface area (Å²) in [6, 6.07) is 5.32. The van der Waals surface area contributed by atoms with Crippen LogP contribution in [-0.4, -0.2) is 6.04 Å². The van der Waals surface area contributed by atoms with Crippen LogP contribution in [0.5, 0.6) is 0 Å². The molecule has 2 aliphatic rings. The minimum absolute atomic E-state index is 0.158. The molecule has 2 fully saturated rings. The summed E-state index contributed by atoms with van der Waals surface area (Å²) in [5, 5.41) is 0.192. The summed E-state index contributed by atoms with van der Waals surface area (Å²) in [4.78, 5) is 0. The number of rotatable bonds is 4. The van der Waals surface area contributed by atoms with Crippen LogP contribution in [-0.2, 0) is 6.42 Å². The van der Waals surface area contributed by atoms with Crippen LogP contribution in [0.4, 0.5) is 4.39 Å². The van der Waals surface area contributed by atoms with Gasteiger partial charge in [-0.2, -0.15) is 0 Å². The Balaban J connectivity index is 1.71. The Kier molecular flexibility index (Phi) is 3.31. The van der Waals surface area contributed by atoms with E-state index in [1.54, 1.807) is 18.2 Å².